The number of hydrogen-bond acceptors (Lipinski definition) is 0. The van der Waals surface area contributed by atoms with Gasteiger partial charge in [-0.05, 0) is 13.3 Å². The highest BCUT2D eigenvalue weighted by Crippen LogP contribution is 2.15. The fraction of sp³-hybridized carbons (Fsp3) is 0.486. The maximum Gasteiger partial charge on any atom is 0.00576 e. The molecular weight excluding hydrogens is 444 g/mol. The predicted octanol–water partition coefficient (Wildman–Crippen LogP) is 13.3. The van der Waals surface area contributed by atoms with Gasteiger partial charge in [0.25, 0.3) is 0 Å². The van der Waals surface area contributed by atoms with Gasteiger partial charge in [-0.15, -0.1) is 38.7 Å². The summed E-state index contributed by atoms with van der Waals surface area (Å²) in [6.07, 6.45) is 39.4. The molecule has 0 saturated heterocycles. The van der Waals surface area contributed by atoms with E-state index in [0.717, 1.165) is 6.42 Å². The van der Waals surface area contributed by atoms with Crippen LogP contribution in [0.25, 0.3) is 0 Å². The largest absolute Gasteiger partial charge is 0.120 e. The third-order valence-electron chi connectivity index (χ3n) is 2.90. The lowest BCUT2D eigenvalue weighted by atomic mass is 10.2. The molecule has 1 fully saturated rings. The van der Waals surface area contributed by atoms with Crippen LogP contribution in [0.3, 0.4) is 0 Å². The average molecular weight is 513 g/mol. The molecule has 0 heterocycles. The van der Waals surface area contributed by atoms with Crippen molar-refractivity contribution in [2.45, 2.75) is 121 Å². The van der Waals surface area contributed by atoms with Crippen LogP contribution in [-0.2, 0) is 0 Å². The summed E-state index contributed by atoms with van der Waals surface area (Å²) in [6, 6.07) is 0. The first-order valence-electron chi connectivity index (χ1n) is 14.1. The summed E-state index contributed by atoms with van der Waals surface area (Å²) < 4.78 is 0. The Morgan fingerprint density at radius 2 is 0.784 bits per heavy atom. The number of hydrogen-bond donors (Lipinski definition) is 0. The van der Waals surface area contributed by atoms with E-state index in [1.807, 2.05) is 111 Å². The highest BCUT2D eigenvalue weighted by Gasteiger charge is 1.95. The van der Waals surface area contributed by atoms with Gasteiger partial charge >= 0.3 is 0 Å². The summed E-state index contributed by atoms with van der Waals surface area (Å²) in [5, 5.41) is 0. The lowest BCUT2D eigenvalue weighted by molar-refractivity contribution is 0.702. The van der Waals surface area contributed by atoms with Gasteiger partial charge in [0.1, 0.15) is 0 Å². The summed E-state index contributed by atoms with van der Waals surface area (Å²) in [5.74, 6) is 4.43. The van der Waals surface area contributed by atoms with Crippen molar-refractivity contribution in [2.24, 2.45) is 0 Å². The van der Waals surface area contributed by atoms with Gasteiger partial charge in [-0.1, -0.05) is 175 Å². The molecule has 0 aromatic rings. The number of terminal acetylenes is 1. The van der Waals surface area contributed by atoms with Crippen molar-refractivity contribution in [3.8, 4) is 18.3 Å². The van der Waals surface area contributed by atoms with E-state index in [4.69, 9.17) is 12.8 Å². The van der Waals surface area contributed by atoms with Crippen LogP contribution < -0.4 is 0 Å². The molecule has 0 unspecified atom stereocenters. The highest BCUT2D eigenvalue weighted by atomic mass is 14.0. The summed E-state index contributed by atoms with van der Waals surface area (Å²) >= 11 is 0. The minimum atomic E-state index is 0.847. The SMILES string of the molecule is C#CCC.C1CCCCCC1.C=C.C=C.C=CC=C.CC.CC.CC.CC.[CH]1C=CC=CC=C1.[C]#CC. The Morgan fingerprint density at radius 1 is 0.622 bits per heavy atom. The Balaban J connectivity index is -0.0000000351. The van der Waals surface area contributed by atoms with Crippen molar-refractivity contribution < 1.29 is 0 Å². The van der Waals surface area contributed by atoms with Crippen LogP contribution in [0.5, 0.6) is 0 Å². The molecule has 2 rings (SSSR count). The Bertz CT molecular complexity index is 404. The van der Waals surface area contributed by atoms with Gasteiger partial charge in [0.2, 0.25) is 0 Å². The predicted molar refractivity (Wildman–Crippen MR) is 184 cm³/mol. The monoisotopic (exact) mass is 513 g/mol. The van der Waals surface area contributed by atoms with Crippen LogP contribution in [0.15, 0.2) is 88.1 Å². The van der Waals surface area contributed by atoms with E-state index in [9.17, 15) is 0 Å². The van der Waals surface area contributed by atoms with Crippen molar-refractivity contribution in [3.05, 3.63) is 101 Å². The minimum absolute atomic E-state index is 0.847. The van der Waals surface area contributed by atoms with Crippen molar-refractivity contribution in [2.75, 3.05) is 0 Å². The number of rotatable bonds is 1. The van der Waals surface area contributed by atoms with Gasteiger partial charge in [-0.25, -0.2) is 0 Å². The van der Waals surface area contributed by atoms with Gasteiger partial charge in [-0.3, -0.25) is 0 Å². The van der Waals surface area contributed by atoms with Crippen LogP contribution >= 0.6 is 0 Å². The van der Waals surface area contributed by atoms with Crippen LogP contribution in [0.2, 0.25) is 0 Å². The van der Waals surface area contributed by atoms with Gasteiger partial charge in [0.05, 0.1) is 0 Å². The van der Waals surface area contributed by atoms with E-state index in [1.165, 1.54) is 44.9 Å². The molecule has 0 heteroatoms. The van der Waals surface area contributed by atoms with Gasteiger partial charge in [0.15, 0.2) is 0 Å². The lowest BCUT2D eigenvalue weighted by Crippen LogP contribution is -1.66. The van der Waals surface area contributed by atoms with Gasteiger partial charge < -0.3 is 0 Å². The highest BCUT2D eigenvalue weighted by molar-refractivity contribution is 5.23. The molecule has 0 N–H and O–H groups in total. The molecule has 0 aromatic heterocycles. The molecule has 216 valence electrons. The van der Waals surface area contributed by atoms with E-state index >= 15 is 0 Å². The van der Waals surface area contributed by atoms with E-state index in [2.05, 4.69) is 45.4 Å². The molecular formula is C37H68. The van der Waals surface area contributed by atoms with Crippen molar-refractivity contribution in [1.82, 2.24) is 0 Å². The summed E-state index contributed by atoms with van der Waals surface area (Å²) in [4.78, 5) is 0. The molecule has 0 aromatic carbocycles. The van der Waals surface area contributed by atoms with Crippen LogP contribution in [0.1, 0.15) is 121 Å². The smallest absolute Gasteiger partial charge is 0.00576 e. The van der Waals surface area contributed by atoms with E-state index in [-0.39, 0.29) is 0 Å². The van der Waals surface area contributed by atoms with Crippen molar-refractivity contribution in [3.63, 3.8) is 0 Å². The van der Waals surface area contributed by atoms with Crippen molar-refractivity contribution in [1.29, 1.82) is 0 Å². The molecule has 0 amide bonds. The molecule has 0 nitrogen and oxygen atoms in total. The molecule has 2 aliphatic rings. The maximum atomic E-state index is 5.96. The summed E-state index contributed by atoms with van der Waals surface area (Å²) in [7, 11) is 0. The second-order valence-electron chi connectivity index (χ2n) is 5.10. The zero-order chi connectivity index (χ0) is 31.4. The molecule has 2 radical (unpaired) electrons. The molecule has 0 bridgehead atoms. The normalized spacial score (nSPS) is 9.95. The van der Waals surface area contributed by atoms with Gasteiger partial charge in [0, 0.05) is 12.8 Å². The van der Waals surface area contributed by atoms with E-state index < -0.39 is 0 Å². The standard InChI is InChI=1S/C7H14.C7H7.2C4H6.C3H3.4C2H6.2C2H4/c2*1-2-4-6-7-5-3-1;2*1-3-4-2;1-3-2;6*1-2/h1-7H2;1-7H;3-4H,1-2H2;1H,4H2,2H3;1H3;4*1-2H3;2*1-2H2. The molecule has 2 aliphatic carbocycles. The second kappa shape index (κ2) is 131. The van der Waals surface area contributed by atoms with Crippen LogP contribution in [0.4, 0.5) is 0 Å². The third kappa shape index (κ3) is 184. The lowest BCUT2D eigenvalue weighted by Gasteiger charge is -1.85. The Labute approximate surface area is 239 Å². The summed E-state index contributed by atoms with van der Waals surface area (Å²) in [5.41, 5.74) is 0. The molecule has 0 aliphatic heterocycles. The average Bonchev–Trinajstić information content (AvgIpc) is 3.51. The fourth-order valence-electron chi connectivity index (χ4n) is 1.69. The quantitative estimate of drug-likeness (QED) is 0.142. The topological polar surface area (TPSA) is 0 Å². The molecule has 1 saturated carbocycles. The zero-order valence-electron chi connectivity index (χ0n) is 27.2. The Kier molecular flexibility index (Phi) is 210. The first-order valence-corrected chi connectivity index (χ1v) is 14.1. The second-order valence-corrected chi connectivity index (χ2v) is 5.10. The maximum absolute atomic E-state index is 5.96. The third-order valence-corrected chi connectivity index (χ3v) is 2.90. The van der Waals surface area contributed by atoms with E-state index in [1.54, 1.807) is 19.1 Å². The first kappa shape index (κ1) is 59.4. The molecule has 0 spiro atoms. The molecule has 0 atom stereocenters. The number of allylic oxidation sites excluding steroid dienone is 8. The van der Waals surface area contributed by atoms with E-state index in [0.29, 0.717) is 0 Å². The van der Waals surface area contributed by atoms with Crippen LogP contribution in [0, 0.1) is 31.1 Å². The summed E-state index contributed by atoms with van der Waals surface area (Å²) in [6.45, 7) is 38.2. The van der Waals surface area contributed by atoms with Crippen LogP contribution in [-0.4, -0.2) is 0 Å². The molecule has 37 heavy (non-hydrogen) atoms. The first-order chi connectivity index (χ1) is 18.2. The Morgan fingerprint density at radius 3 is 0.919 bits per heavy atom. The van der Waals surface area contributed by atoms with Gasteiger partial charge in [-0.2, -0.15) is 0 Å². The fourth-order valence-corrected chi connectivity index (χ4v) is 1.69. The Hall–Kier alpha value is -2.70. The van der Waals surface area contributed by atoms with Crippen molar-refractivity contribution >= 4 is 0 Å². The minimum Gasteiger partial charge on any atom is -0.120 e. The zero-order valence-corrected chi connectivity index (χ0v) is 27.2.